The van der Waals surface area contributed by atoms with Gasteiger partial charge in [-0.1, -0.05) is 30.3 Å². The molecule has 0 saturated carbocycles. The van der Waals surface area contributed by atoms with Crippen molar-refractivity contribution in [3.63, 3.8) is 0 Å². The molecule has 0 aliphatic heterocycles. The van der Waals surface area contributed by atoms with Crippen molar-refractivity contribution in [3.8, 4) is 0 Å². The molecule has 0 spiro atoms. The standard InChI is InChI=1S/C26H29NOS/c1-16-11-7-8-12-22(16)26(28)27-24-13-9-10-14-25(24)29-15-23-20(5)18(3)17(2)19(4)21(23)6/h7-14H,15H2,1-6H3,(H,27,28). The topological polar surface area (TPSA) is 29.1 Å². The van der Waals surface area contributed by atoms with Crippen molar-refractivity contribution in [2.75, 3.05) is 5.32 Å². The fraction of sp³-hybridized carbons (Fsp3) is 0.269. The van der Waals surface area contributed by atoms with Crippen molar-refractivity contribution in [3.05, 3.63) is 93.0 Å². The van der Waals surface area contributed by atoms with Crippen molar-refractivity contribution >= 4 is 23.4 Å². The van der Waals surface area contributed by atoms with Gasteiger partial charge in [-0.3, -0.25) is 4.79 Å². The summed E-state index contributed by atoms with van der Waals surface area (Å²) in [4.78, 5) is 13.9. The minimum atomic E-state index is -0.0643. The lowest BCUT2D eigenvalue weighted by Gasteiger charge is -2.19. The van der Waals surface area contributed by atoms with Gasteiger partial charge in [-0.2, -0.15) is 0 Å². The smallest absolute Gasteiger partial charge is 0.255 e. The Kier molecular flexibility index (Phi) is 6.49. The number of amides is 1. The first-order valence-electron chi connectivity index (χ1n) is 9.96. The number of carbonyl (C=O) groups excluding carboxylic acids is 1. The normalized spacial score (nSPS) is 10.8. The predicted molar refractivity (Wildman–Crippen MR) is 125 cm³/mol. The van der Waals surface area contributed by atoms with Crippen LogP contribution in [0.2, 0.25) is 0 Å². The quantitative estimate of drug-likeness (QED) is 0.461. The third kappa shape index (κ3) is 4.40. The summed E-state index contributed by atoms with van der Waals surface area (Å²) in [5.41, 5.74) is 10.8. The van der Waals surface area contributed by atoms with Gasteiger partial charge in [-0.15, -0.1) is 11.8 Å². The summed E-state index contributed by atoms with van der Waals surface area (Å²) >= 11 is 1.78. The summed E-state index contributed by atoms with van der Waals surface area (Å²) in [5, 5.41) is 3.11. The predicted octanol–water partition coefficient (Wildman–Crippen LogP) is 7.08. The van der Waals surface area contributed by atoms with Gasteiger partial charge in [0.05, 0.1) is 5.69 Å². The molecule has 0 saturated heterocycles. The van der Waals surface area contributed by atoms with E-state index in [9.17, 15) is 4.79 Å². The molecule has 29 heavy (non-hydrogen) atoms. The van der Waals surface area contributed by atoms with Crippen LogP contribution in [0, 0.1) is 41.5 Å². The Morgan fingerprint density at radius 2 is 1.31 bits per heavy atom. The molecule has 0 aromatic heterocycles. The van der Waals surface area contributed by atoms with E-state index in [-0.39, 0.29) is 5.91 Å². The zero-order valence-corrected chi connectivity index (χ0v) is 19.0. The Balaban J connectivity index is 1.84. The lowest BCUT2D eigenvalue weighted by Crippen LogP contribution is -2.13. The van der Waals surface area contributed by atoms with Crippen LogP contribution < -0.4 is 5.32 Å². The summed E-state index contributed by atoms with van der Waals surface area (Å²) in [6, 6.07) is 15.7. The molecule has 0 atom stereocenters. The van der Waals surface area contributed by atoms with Gasteiger partial charge in [0.1, 0.15) is 0 Å². The van der Waals surface area contributed by atoms with Crippen molar-refractivity contribution in [1.29, 1.82) is 0 Å². The Hall–Kier alpha value is -2.52. The van der Waals surface area contributed by atoms with Gasteiger partial charge < -0.3 is 5.32 Å². The van der Waals surface area contributed by atoms with Crippen molar-refractivity contribution in [2.24, 2.45) is 0 Å². The number of benzene rings is 3. The van der Waals surface area contributed by atoms with Crippen LogP contribution in [0.1, 0.15) is 49.3 Å². The van der Waals surface area contributed by atoms with Crippen LogP contribution in [-0.2, 0) is 5.75 Å². The summed E-state index contributed by atoms with van der Waals surface area (Å²) < 4.78 is 0. The van der Waals surface area contributed by atoms with E-state index in [1.165, 1.54) is 33.4 Å². The number of aryl methyl sites for hydroxylation is 1. The van der Waals surface area contributed by atoms with Gasteiger partial charge >= 0.3 is 0 Å². The number of anilines is 1. The lowest BCUT2D eigenvalue weighted by molar-refractivity contribution is 0.102. The zero-order valence-electron chi connectivity index (χ0n) is 18.1. The Morgan fingerprint density at radius 1 is 0.759 bits per heavy atom. The fourth-order valence-electron chi connectivity index (χ4n) is 3.66. The van der Waals surface area contributed by atoms with Gasteiger partial charge in [0.2, 0.25) is 0 Å². The number of hydrogen-bond acceptors (Lipinski definition) is 2. The molecule has 0 radical (unpaired) electrons. The second-order valence-electron chi connectivity index (χ2n) is 7.66. The maximum Gasteiger partial charge on any atom is 0.255 e. The van der Waals surface area contributed by atoms with Crippen LogP contribution in [0.4, 0.5) is 5.69 Å². The largest absolute Gasteiger partial charge is 0.321 e. The van der Waals surface area contributed by atoms with Crippen molar-refractivity contribution in [1.82, 2.24) is 0 Å². The van der Waals surface area contributed by atoms with Crippen molar-refractivity contribution < 1.29 is 4.79 Å². The number of nitrogens with one attached hydrogen (secondary N) is 1. The lowest BCUT2D eigenvalue weighted by atomic mass is 9.90. The van der Waals surface area contributed by atoms with Gasteiger partial charge in [0.25, 0.3) is 5.91 Å². The van der Waals surface area contributed by atoms with E-state index in [2.05, 4.69) is 46.0 Å². The van der Waals surface area contributed by atoms with E-state index in [0.29, 0.717) is 5.56 Å². The van der Waals surface area contributed by atoms with E-state index < -0.39 is 0 Å². The molecule has 3 aromatic rings. The molecule has 0 heterocycles. The average molecular weight is 404 g/mol. The molecule has 2 nitrogen and oxygen atoms in total. The van der Waals surface area contributed by atoms with E-state index >= 15 is 0 Å². The Bertz CT molecular complexity index is 1040. The first-order chi connectivity index (χ1) is 13.8. The van der Waals surface area contributed by atoms with Crippen LogP contribution in [-0.4, -0.2) is 5.91 Å². The highest BCUT2D eigenvalue weighted by Crippen LogP contribution is 2.34. The van der Waals surface area contributed by atoms with Crippen molar-refractivity contribution in [2.45, 2.75) is 52.2 Å². The Labute approximate surface area is 178 Å². The molecule has 0 aliphatic carbocycles. The molecule has 3 heteroatoms. The summed E-state index contributed by atoms with van der Waals surface area (Å²) in [5.74, 6) is 0.821. The monoisotopic (exact) mass is 403 g/mol. The first kappa shape index (κ1) is 21.2. The number of carbonyl (C=O) groups is 1. The third-order valence-electron chi connectivity index (χ3n) is 6.05. The maximum absolute atomic E-state index is 12.8. The van der Waals surface area contributed by atoms with Crippen LogP contribution in [0.25, 0.3) is 0 Å². The summed E-state index contributed by atoms with van der Waals surface area (Å²) in [6.07, 6.45) is 0. The van der Waals surface area contributed by atoms with Gasteiger partial charge in [0, 0.05) is 16.2 Å². The molecular formula is C26H29NOS. The van der Waals surface area contributed by atoms with Crippen LogP contribution >= 0.6 is 11.8 Å². The molecule has 0 bridgehead atoms. The Morgan fingerprint density at radius 3 is 1.97 bits per heavy atom. The third-order valence-corrected chi connectivity index (χ3v) is 7.15. The van der Waals surface area contributed by atoms with E-state index in [0.717, 1.165) is 21.9 Å². The minimum Gasteiger partial charge on any atom is -0.321 e. The van der Waals surface area contributed by atoms with Crippen LogP contribution in [0.5, 0.6) is 0 Å². The first-order valence-corrected chi connectivity index (χ1v) is 10.9. The number of thioether (sulfide) groups is 1. The molecule has 3 rings (SSSR count). The summed E-state index contributed by atoms with van der Waals surface area (Å²) in [6.45, 7) is 13.0. The number of para-hydroxylation sites is 1. The fourth-order valence-corrected chi connectivity index (χ4v) is 4.84. The molecular weight excluding hydrogens is 374 g/mol. The highest BCUT2D eigenvalue weighted by Gasteiger charge is 2.15. The summed E-state index contributed by atoms with van der Waals surface area (Å²) in [7, 11) is 0. The number of hydrogen-bond donors (Lipinski definition) is 1. The second kappa shape index (κ2) is 8.87. The molecule has 1 amide bonds. The minimum absolute atomic E-state index is 0.0643. The molecule has 0 fully saturated rings. The molecule has 1 N–H and O–H groups in total. The van der Waals surface area contributed by atoms with E-state index in [1.807, 2.05) is 49.4 Å². The van der Waals surface area contributed by atoms with Gasteiger partial charge in [-0.25, -0.2) is 0 Å². The van der Waals surface area contributed by atoms with Crippen LogP contribution in [0.3, 0.4) is 0 Å². The van der Waals surface area contributed by atoms with Crippen LogP contribution in [0.15, 0.2) is 53.4 Å². The van der Waals surface area contributed by atoms with Gasteiger partial charge in [0.15, 0.2) is 0 Å². The molecule has 150 valence electrons. The average Bonchev–Trinajstić information content (AvgIpc) is 2.72. The highest BCUT2D eigenvalue weighted by atomic mass is 32.2. The number of rotatable bonds is 5. The molecule has 3 aromatic carbocycles. The SMILES string of the molecule is Cc1ccccc1C(=O)Nc1ccccc1SCc1c(C)c(C)c(C)c(C)c1C. The second-order valence-corrected chi connectivity index (χ2v) is 8.67. The highest BCUT2D eigenvalue weighted by molar-refractivity contribution is 7.98. The maximum atomic E-state index is 12.8. The van der Waals surface area contributed by atoms with Gasteiger partial charge in [-0.05, 0) is 98.7 Å². The molecule has 0 unspecified atom stereocenters. The van der Waals surface area contributed by atoms with E-state index in [4.69, 9.17) is 0 Å². The van der Waals surface area contributed by atoms with E-state index in [1.54, 1.807) is 11.8 Å². The zero-order chi connectivity index (χ0) is 21.1. The molecule has 0 aliphatic rings.